The molecule has 1 fully saturated rings. The van der Waals surface area contributed by atoms with Gasteiger partial charge in [0.25, 0.3) is 0 Å². The molecule has 0 aromatic rings. The molecular weight excluding hydrogens is 275 g/mol. The van der Waals surface area contributed by atoms with Crippen LogP contribution in [-0.4, -0.2) is 48.3 Å². The van der Waals surface area contributed by atoms with Gasteiger partial charge < -0.3 is 5.11 Å². The molecule has 0 aromatic carbocycles. The lowest BCUT2D eigenvalue weighted by atomic mass is 9.86. The number of sulfonamides is 1. The quantitative estimate of drug-likeness (QED) is 0.843. The summed E-state index contributed by atoms with van der Waals surface area (Å²) in [7, 11) is -3.87. The Morgan fingerprint density at radius 3 is 2.17 bits per heavy atom. The maximum absolute atomic E-state index is 12.8. The number of nitrogens with zero attached hydrogens (tertiary/aromatic N) is 1. The summed E-state index contributed by atoms with van der Waals surface area (Å²) in [6.45, 7) is 1.20. The molecule has 5 nitrogen and oxygen atoms in total. The van der Waals surface area contributed by atoms with Gasteiger partial charge in [0.15, 0.2) is 5.41 Å². The molecule has 0 amide bonds. The van der Waals surface area contributed by atoms with E-state index in [0.717, 1.165) is 0 Å². The van der Waals surface area contributed by atoms with Gasteiger partial charge in [0.2, 0.25) is 10.0 Å². The molecule has 0 aromatic heterocycles. The first-order valence-electron chi connectivity index (χ1n) is 5.24. The highest BCUT2D eigenvalue weighted by Crippen LogP contribution is 2.46. The molecule has 0 radical (unpaired) electrons. The highest BCUT2D eigenvalue weighted by Gasteiger charge is 2.65. The second-order valence-corrected chi connectivity index (χ2v) is 7.05. The number of aliphatic carboxylic acids is 1. The molecule has 9 heteroatoms. The first-order valence-corrected chi connectivity index (χ1v) is 6.74. The summed E-state index contributed by atoms with van der Waals surface area (Å²) in [6.07, 6.45) is -5.72. The summed E-state index contributed by atoms with van der Waals surface area (Å²) in [5.74, 6) is -2.03. The molecule has 106 valence electrons. The smallest absolute Gasteiger partial charge is 0.406 e. The third kappa shape index (κ3) is 2.20. The van der Waals surface area contributed by atoms with Gasteiger partial charge in [-0.3, -0.25) is 4.79 Å². The van der Waals surface area contributed by atoms with Crippen LogP contribution in [-0.2, 0) is 14.8 Å². The summed E-state index contributed by atoms with van der Waals surface area (Å²) in [4.78, 5) is 10.9. The van der Waals surface area contributed by atoms with E-state index in [-0.39, 0.29) is 0 Å². The minimum atomic E-state index is -4.97. The molecule has 1 aliphatic heterocycles. The molecule has 1 atom stereocenters. The van der Waals surface area contributed by atoms with Gasteiger partial charge in [-0.05, 0) is 20.3 Å². The van der Waals surface area contributed by atoms with Gasteiger partial charge in [-0.25, -0.2) is 12.7 Å². The Kier molecular flexibility index (Phi) is 3.70. The molecule has 1 rings (SSSR count). The third-order valence-corrected chi connectivity index (χ3v) is 5.36. The summed E-state index contributed by atoms with van der Waals surface area (Å²) in [5.41, 5.74) is -2.99. The van der Waals surface area contributed by atoms with Crippen LogP contribution in [0.15, 0.2) is 0 Å². The van der Waals surface area contributed by atoms with Gasteiger partial charge in [-0.1, -0.05) is 0 Å². The zero-order valence-corrected chi connectivity index (χ0v) is 10.7. The second-order valence-electron chi connectivity index (χ2n) is 4.56. The summed E-state index contributed by atoms with van der Waals surface area (Å²) < 4.78 is 62.6. The van der Waals surface area contributed by atoms with Gasteiger partial charge in [0.05, 0.1) is 5.25 Å². The van der Waals surface area contributed by atoms with Gasteiger partial charge in [0.1, 0.15) is 0 Å². The Morgan fingerprint density at radius 1 is 1.39 bits per heavy atom. The molecule has 0 aliphatic carbocycles. The molecule has 1 unspecified atom stereocenters. The lowest BCUT2D eigenvalue weighted by Gasteiger charge is -2.27. The number of halogens is 3. The van der Waals surface area contributed by atoms with E-state index in [9.17, 15) is 26.4 Å². The topological polar surface area (TPSA) is 74.7 Å². The minimum absolute atomic E-state index is 0.424. The van der Waals surface area contributed by atoms with Crippen LogP contribution >= 0.6 is 0 Å². The van der Waals surface area contributed by atoms with E-state index in [1.165, 1.54) is 13.8 Å². The first-order chi connectivity index (χ1) is 7.95. The summed E-state index contributed by atoms with van der Waals surface area (Å²) >= 11 is 0. The van der Waals surface area contributed by atoms with Crippen molar-refractivity contribution in [3.05, 3.63) is 0 Å². The van der Waals surface area contributed by atoms with Crippen molar-refractivity contribution < 1.29 is 31.5 Å². The number of carboxylic acids is 1. The van der Waals surface area contributed by atoms with E-state index in [1.54, 1.807) is 0 Å². The highest BCUT2D eigenvalue weighted by atomic mass is 32.2. The average molecular weight is 289 g/mol. The normalized spacial score (nSPS) is 26.8. The average Bonchev–Trinajstić information content (AvgIpc) is 2.61. The Labute approximate surface area is 103 Å². The number of carboxylic acid groups (broad SMARTS) is 1. The van der Waals surface area contributed by atoms with Crippen LogP contribution in [0.25, 0.3) is 0 Å². The Balaban J connectivity index is 3.11. The van der Waals surface area contributed by atoms with Crippen LogP contribution < -0.4 is 0 Å². The number of alkyl halides is 3. The zero-order chi connectivity index (χ0) is 14.4. The Morgan fingerprint density at radius 2 is 1.89 bits per heavy atom. The van der Waals surface area contributed by atoms with Crippen molar-refractivity contribution in [1.82, 2.24) is 4.31 Å². The van der Waals surface area contributed by atoms with Crippen molar-refractivity contribution in [3.8, 4) is 0 Å². The number of carbonyl (C=O) groups is 1. The zero-order valence-electron chi connectivity index (χ0n) is 9.86. The molecule has 0 bridgehead atoms. The van der Waals surface area contributed by atoms with Gasteiger partial charge in [-0.2, -0.15) is 13.2 Å². The van der Waals surface area contributed by atoms with Crippen LogP contribution in [0.2, 0.25) is 0 Å². The van der Waals surface area contributed by atoms with Gasteiger partial charge >= 0.3 is 12.1 Å². The van der Waals surface area contributed by atoms with Crippen LogP contribution in [0.5, 0.6) is 0 Å². The van der Waals surface area contributed by atoms with Crippen molar-refractivity contribution in [2.45, 2.75) is 31.7 Å². The molecule has 1 aliphatic rings. The third-order valence-electron chi connectivity index (χ3n) is 3.14. The SMILES string of the molecule is CC(C)S(=O)(=O)N1CCC(C(=O)O)(C(F)(F)F)C1. The standard InChI is InChI=1S/C9H14F3NO4S/c1-6(2)18(16,17)13-4-3-8(5-13,7(14)15)9(10,11)12/h6H,3-5H2,1-2H3,(H,14,15). The lowest BCUT2D eigenvalue weighted by Crippen LogP contribution is -2.48. The second kappa shape index (κ2) is 4.37. The number of rotatable bonds is 3. The molecular formula is C9H14F3NO4S. The van der Waals surface area contributed by atoms with Crippen molar-refractivity contribution >= 4 is 16.0 Å². The van der Waals surface area contributed by atoms with Crippen LogP contribution in [0.1, 0.15) is 20.3 Å². The van der Waals surface area contributed by atoms with Crippen molar-refractivity contribution in [2.24, 2.45) is 5.41 Å². The number of hydrogen-bond acceptors (Lipinski definition) is 3. The maximum Gasteiger partial charge on any atom is 0.406 e. The first kappa shape index (κ1) is 15.2. The van der Waals surface area contributed by atoms with Crippen molar-refractivity contribution in [1.29, 1.82) is 0 Å². The van der Waals surface area contributed by atoms with E-state index < -0.39 is 52.3 Å². The van der Waals surface area contributed by atoms with E-state index in [0.29, 0.717) is 4.31 Å². The van der Waals surface area contributed by atoms with E-state index in [4.69, 9.17) is 5.11 Å². The Bertz CT molecular complexity index is 445. The van der Waals surface area contributed by atoms with Crippen LogP contribution in [0.4, 0.5) is 13.2 Å². The van der Waals surface area contributed by atoms with Crippen molar-refractivity contribution in [2.75, 3.05) is 13.1 Å². The summed E-state index contributed by atoms with van der Waals surface area (Å²) in [6, 6.07) is 0. The lowest BCUT2D eigenvalue weighted by molar-refractivity contribution is -0.226. The number of hydrogen-bond donors (Lipinski definition) is 1. The molecule has 1 heterocycles. The van der Waals surface area contributed by atoms with E-state index in [1.807, 2.05) is 0 Å². The van der Waals surface area contributed by atoms with Crippen LogP contribution in [0.3, 0.4) is 0 Å². The van der Waals surface area contributed by atoms with E-state index in [2.05, 4.69) is 0 Å². The molecule has 1 saturated heterocycles. The fourth-order valence-electron chi connectivity index (χ4n) is 1.82. The highest BCUT2D eigenvalue weighted by molar-refractivity contribution is 7.89. The molecule has 0 saturated carbocycles. The fourth-order valence-corrected chi connectivity index (χ4v) is 3.16. The largest absolute Gasteiger partial charge is 0.481 e. The molecule has 1 N–H and O–H groups in total. The Hall–Kier alpha value is -0.830. The van der Waals surface area contributed by atoms with E-state index >= 15 is 0 Å². The van der Waals surface area contributed by atoms with Crippen molar-refractivity contribution in [3.63, 3.8) is 0 Å². The predicted octanol–water partition coefficient (Wildman–Crippen LogP) is 1.06. The summed E-state index contributed by atoms with van der Waals surface area (Å²) in [5, 5.41) is 7.90. The molecule has 0 spiro atoms. The predicted molar refractivity (Wildman–Crippen MR) is 56.4 cm³/mol. The van der Waals surface area contributed by atoms with Crippen LogP contribution in [0, 0.1) is 5.41 Å². The van der Waals surface area contributed by atoms with Gasteiger partial charge in [-0.15, -0.1) is 0 Å². The fraction of sp³-hybridized carbons (Fsp3) is 0.889. The maximum atomic E-state index is 12.8. The minimum Gasteiger partial charge on any atom is -0.481 e. The van der Waals surface area contributed by atoms with Gasteiger partial charge in [0, 0.05) is 13.1 Å². The monoisotopic (exact) mass is 289 g/mol. The molecule has 18 heavy (non-hydrogen) atoms.